The molecule has 4 aromatic rings. The number of fused-ring (bicyclic) bond motifs is 1. The largest absolute Gasteiger partial charge is 0.453 e. The summed E-state index contributed by atoms with van der Waals surface area (Å²) in [6, 6.07) is 16.2. The summed E-state index contributed by atoms with van der Waals surface area (Å²) in [6.07, 6.45) is 4.65. The fraction of sp³-hybridized carbons (Fsp3) is 0.231. The highest BCUT2D eigenvalue weighted by Crippen LogP contribution is 2.54. The zero-order valence-electron chi connectivity index (χ0n) is 18.7. The summed E-state index contributed by atoms with van der Waals surface area (Å²) < 4.78 is 15.5. The average molecular weight is 454 g/mol. The second-order valence-electron chi connectivity index (χ2n) is 8.73. The number of ether oxygens (including phenoxy) is 2. The molecule has 2 unspecified atom stereocenters. The summed E-state index contributed by atoms with van der Waals surface area (Å²) in [5.74, 6) is -1.54. The van der Waals surface area contributed by atoms with E-state index in [9.17, 15) is 9.59 Å². The minimum atomic E-state index is -0.700. The molecule has 2 aromatic heterocycles. The highest BCUT2D eigenvalue weighted by atomic mass is 16.6. The van der Waals surface area contributed by atoms with E-state index in [0.717, 1.165) is 22.3 Å². The van der Waals surface area contributed by atoms with Gasteiger partial charge in [0.25, 0.3) is 0 Å². The van der Waals surface area contributed by atoms with E-state index in [1.807, 2.05) is 24.3 Å². The molecule has 2 atom stereocenters. The number of aryl methyl sites for hydroxylation is 2. The third-order valence-corrected chi connectivity index (χ3v) is 6.85. The van der Waals surface area contributed by atoms with Crippen molar-refractivity contribution in [2.75, 3.05) is 0 Å². The molecule has 8 nitrogen and oxygen atoms in total. The first-order valence-electron chi connectivity index (χ1n) is 11.1. The van der Waals surface area contributed by atoms with Crippen molar-refractivity contribution in [1.82, 2.24) is 19.1 Å². The van der Waals surface area contributed by atoms with Gasteiger partial charge in [-0.2, -0.15) is 0 Å². The molecule has 0 radical (unpaired) electrons. The predicted molar refractivity (Wildman–Crippen MR) is 121 cm³/mol. The van der Waals surface area contributed by atoms with Crippen LogP contribution in [-0.2, 0) is 23.6 Å². The maximum atomic E-state index is 13.2. The minimum Gasteiger partial charge on any atom is -0.453 e. The number of hydrogen-bond donors (Lipinski definition) is 0. The third kappa shape index (κ3) is 2.98. The van der Waals surface area contributed by atoms with Crippen LogP contribution >= 0.6 is 0 Å². The standard InChI is InChI=1S/C26H22N4O4/c1-29-13-27-11-19(29)25(31)33-23-21-15-7-3-5-9-17(15)22(18-10-6-4-8-16(18)21)24(23)34-26(32)20-12-28-14-30(20)2/h3-14,21-24H,1-2H3. The van der Waals surface area contributed by atoms with Crippen molar-refractivity contribution in [3.63, 3.8) is 0 Å². The van der Waals surface area contributed by atoms with Gasteiger partial charge in [0.1, 0.15) is 11.4 Å². The molecule has 7 rings (SSSR count). The van der Waals surface area contributed by atoms with Crippen LogP contribution in [0.3, 0.4) is 0 Å². The zero-order valence-corrected chi connectivity index (χ0v) is 18.7. The maximum absolute atomic E-state index is 13.2. The first kappa shape index (κ1) is 20.4. The van der Waals surface area contributed by atoms with Crippen LogP contribution in [0, 0.1) is 0 Å². The summed E-state index contributed by atoms with van der Waals surface area (Å²) in [5, 5.41) is 0. The first-order valence-corrected chi connectivity index (χ1v) is 11.1. The molecule has 0 saturated heterocycles. The van der Waals surface area contributed by atoms with Gasteiger partial charge in [0, 0.05) is 14.1 Å². The number of imidazole rings is 2. The van der Waals surface area contributed by atoms with Gasteiger partial charge in [-0.25, -0.2) is 19.6 Å². The van der Waals surface area contributed by atoms with E-state index >= 15 is 0 Å². The van der Waals surface area contributed by atoms with E-state index in [0.29, 0.717) is 11.4 Å². The lowest BCUT2D eigenvalue weighted by Crippen LogP contribution is -2.51. The molecule has 0 spiro atoms. The Kier molecular flexibility index (Phi) is 4.62. The number of hydrogen-bond acceptors (Lipinski definition) is 6. The lowest BCUT2D eigenvalue weighted by atomic mass is 9.61. The molecule has 8 heteroatoms. The van der Waals surface area contributed by atoms with Crippen molar-refractivity contribution < 1.29 is 19.1 Å². The summed E-state index contributed by atoms with van der Waals surface area (Å²) >= 11 is 0. The van der Waals surface area contributed by atoms with Crippen LogP contribution < -0.4 is 0 Å². The number of aromatic nitrogens is 4. The van der Waals surface area contributed by atoms with Crippen LogP contribution in [0.15, 0.2) is 73.6 Å². The molecular weight excluding hydrogens is 432 g/mol. The van der Waals surface area contributed by atoms with E-state index in [-0.39, 0.29) is 11.8 Å². The Hall–Kier alpha value is -4.20. The third-order valence-electron chi connectivity index (χ3n) is 6.85. The summed E-state index contributed by atoms with van der Waals surface area (Å²) in [7, 11) is 3.47. The van der Waals surface area contributed by atoms with E-state index in [1.165, 1.54) is 12.4 Å². The van der Waals surface area contributed by atoms with Crippen molar-refractivity contribution >= 4 is 11.9 Å². The van der Waals surface area contributed by atoms with Crippen LogP contribution in [0.2, 0.25) is 0 Å². The predicted octanol–water partition coefficient (Wildman–Crippen LogP) is 3.20. The second-order valence-corrected chi connectivity index (χ2v) is 8.73. The Balaban J connectivity index is 1.47. The number of benzene rings is 2. The highest BCUT2D eigenvalue weighted by Gasteiger charge is 2.53. The number of rotatable bonds is 4. The normalized spacial score (nSPS) is 22.1. The van der Waals surface area contributed by atoms with E-state index in [2.05, 4.69) is 34.2 Å². The Morgan fingerprint density at radius 2 is 1.03 bits per heavy atom. The molecule has 3 aliphatic carbocycles. The molecule has 3 aliphatic rings. The Morgan fingerprint density at radius 1 is 0.676 bits per heavy atom. The number of carbonyl (C=O) groups excluding carboxylic acids is 2. The summed E-state index contributed by atoms with van der Waals surface area (Å²) in [4.78, 5) is 34.4. The Morgan fingerprint density at radius 3 is 1.32 bits per heavy atom. The smallest absolute Gasteiger partial charge is 0.357 e. The molecule has 0 N–H and O–H groups in total. The fourth-order valence-electron chi connectivity index (χ4n) is 5.32. The Labute approximate surface area is 195 Å². The van der Waals surface area contributed by atoms with Gasteiger partial charge in [0.05, 0.1) is 36.9 Å². The number of esters is 2. The molecule has 34 heavy (non-hydrogen) atoms. The van der Waals surface area contributed by atoms with Crippen molar-refractivity contribution in [1.29, 1.82) is 0 Å². The van der Waals surface area contributed by atoms with Crippen molar-refractivity contribution in [2.24, 2.45) is 14.1 Å². The lowest BCUT2D eigenvalue weighted by Gasteiger charge is -2.48. The second kappa shape index (κ2) is 7.69. The number of carbonyl (C=O) groups is 2. The maximum Gasteiger partial charge on any atom is 0.357 e. The lowest BCUT2D eigenvalue weighted by molar-refractivity contribution is -0.0565. The van der Waals surface area contributed by atoms with Crippen molar-refractivity contribution in [3.8, 4) is 0 Å². The zero-order chi connectivity index (χ0) is 23.4. The van der Waals surface area contributed by atoms with Gasteiger partial charge in [0.2, 0.25) is 0 Å². The summed E-state index contributed by atoms with van der Waals surface area (Å²) in [6.45, 7) is 0. The van der Waals surface area contributed by atoms with Gasteiger partial charge in [-0.15, -0.1) is 0 Å². The van der Waals surface area contributed by atoms with E-state index < -0.39 is 24.1 Å². The molecule has 0 amide bonds. The molecule has 2 bridgehead atoms. The van der Waals surface area contributed by atoms with Crippen LogP contribution in [0.25, 0.3) is 0 Å². The van der Waals surface area contributed by atoms with E-state index in [1.54, 1.807) is 35.9 Å². The monoisotopic (exact) mass is 454 g/mol. The van der Waals surface area contributed by atoms with Gasteiger partial charge in [-0.3, -0.25) is 0 Å². The van der Waals surface area contributed by atoms with Crippen LogP contribution in [0.4, 0.5) is 0 Å². The topological polar surface area (TPSA) is 88.2 Å². The number of nitrogens with zero attached hydrogens (tertiary/aromatic N) is 4. The van der Waals surface area contributed by atoms with Crippen LogP contribution in [0.1, 0.15) is 55.1 Å². The minimum absolute atomic E-state index is 0.265. The SMILES string of the molecule is Cn1cncc1C(=O)OC1C2c3ccccc3C(c3ccccc32)C1OC(=O)c1cncn1C. The molecule has 0 saturated carbocycles. The van der Waals surface area contributed by atoms with Gasteiger partial charge in [-0.05, 0) is 22.3 Å². The molecule has 0 aliphatic heterocycles. The van der Waals surface area contributed by atoms with E-state index in [4.69, 9.17) is 9.47 Å². The van der Waals surface area contributed by atoms with Crippen molar-refractivity contribution in [2.45, 2.75) is 24.0 Å². The molecule has 0 fully saturated rings. The Bertz CT molecular complexity index is 1270. The van der Waals surface area contributed by atoms with Gasteiger partial charge in [0.15, 0.2) is 12.2 Å². The first-order chi connectivity index (χ1) is 16.5. The van der Waals surface area contributed by atoms with Crippen molar-refractivity contribution in [3.05, 3.63) is 107 Å². The quantitative estimate of drug-likeness (QED) is 0.440. The van der Waals surface area contributed by atoms with Crippen LogP contribution in [0.5, 0.6) is 0 Å². The van der Waals surface area contributed by atoms with Gasteiger partial charge < -0.3 is 18.6 Å². The molecule has 2 aromatic carbocycles. The molecule has 170 valence electrons. The van der Waals surface area contributed by atoms with Crippen LogP contribution in [-0.4, -0.2) is 43.2 Å². The molecular formula is C26H22N4O4. The molecule has 2 heterocycles. The summed E-state index contributed by atoms with van der Waals surface area (Å²) in [5.41, 5.74) is 5.01. The highest BCUT2D eigenvalue weighted by molar-refractivity contribution is 5.89. The average Bonchev–Trinajstić information content (AvgIpc) is 3.48. The van der Waals surface area contributed by atoms with Gasteiger partial charge in [-0.1, -0.05) is 48.5 Å². The van der Waals surface area contributed by atoms with Gasteiger partial charge >= 0.3 is 11.9 Å². The fourth-order valence-corrected chi connectivity index (χ4v) is 5.32.